The van der Waals surface area contributed by atoms with Gasteiger partial charge >= 0.3 is 5.97 Å². The number of aliphatic hydroxyl groups excluding tert-OH is 3. The molecule has 0 aromatic rings. The summed E-state index contributed by atoms with van der Waals surface area (Å²) in [6.45, 7) is 1.83. The predicted molar refractivity (Wildman–Crippen MR) is 74.3 cm³/mol. The topological polar surface area (TPSA) is 174 Å². The van der Waals surface area contributed by atoms with Crippen LogP contribution in [0.3, 0.4) is 0 Å². The lowest BCUT2D eigenvalue weighted by molar-refractivity contribution is -0.322. The van der Waals surface area contributed by atoms with Crippen LogP contribution in [0, 0.1) is 11.8 Å². The molecule has 6 unspecified atom stereocenters. The number of hydrogen-bond acceptors (Lipinski definition) is 8. The molecule has 1 aliphatic rings. The average molecular weight is 332 g/mol. The Morgan fingerprint density at radius 3 is 2.65 bits per heavy atom. The molecule has 0 aliphatic carbocycles. The Hall–Kier alpha value is -1.91. The molecule has 1 saturated heterocycles. The van der Waals surface area contributed by atoms with Gasteiger partial charge in [-0.15, -0.1) is 0 Å². The van der Waals surface area contributed by atoms with Crippen molar-refractivity contribution in [1.29, 1.82) is 0 Å². The van der Waals surface area contributed by atoms with Crippen molar-refractivity contribution in [2.45, 2.75) is 38.6 Å². The molecular formula is C12H20N4O7. The molecular weight excluding hydrogens is 312 g/mol. The highest BCUT2D eigenvalue weighted by Gasteiger charge is 2.52. The third-order valence-corrected chi connectivity index (χ3v) is 3.42. The van der Waals surface area contributed by atoms with Crippen LogP contribution in [0.2, 0.25) is 0 Å². The SMILES string of the molecule is CC(=O)OC1OC(NC(=O)CN=[N+]=[N-])C1C(O)C(O)C(C)CO. The van der Waals surface area contributed by atoms with Crippen molar-refractivity contribution < 1.29 is 34.4 Å². The quantitative estimate of drug-likeness (QED) is 0.183. The number of amides is 1. The second-order valence-electron chi connectivity index (χ2n) is 5.21. The van der Waals surface area contributed by atoms with E-state index in [4.69, 9.17) is 20.1 Å². The van der Waals surface area contributed by atoms with Crippen molar-refractivity contribution in [1.82, 2.24) is 5.32 Å². The number of aliphatic hydroxyl groups is 3. The van der Waals surface area contributed by atoms with Crippen LogP contribution < -0.4 is 5.32 Å². The lowest BCUT2D eigenvalue weighted by Gasteiger charge is -2.46. The Balaban J connectivity index is 2.76. The number of esters is 1. The third-order valence-electron chi connectivity index (χ3n) is 3.42. The fourth-order valence-electron chi connectivity index (χ4n) is 2.09. The first-order chi connectivity index (χ1) is 10.8. The Labute approximate surface area is 131 Å². The lowest BCUT2D eigenvalue weighted by Crippen LogP contribution is -2.65. The van der Waals surface area contributed by atoms with Crippen molar-refractivity contribution >= 4 is 11.9 Å². The lowest BCUT2D eigenvalue weighted by atomic mass is 9.86. The van der Waals surface area contributed by atoms with Crippen LogP contribution in [0.4, 0.5) is 0 Å². The molecule has 4 N–H and O–H groups in total. The highest BCUT2D eigenvalue weighted by Crippen LogP contribution is 2.33. The maximum Gasteiger partial charge on any atom is 0.304 e. The van der Waals surface area contributed by atoms with Crippen LogP contribution in [0.1, 0.15) is 13.8 Å². The molecule has 1 rings (SSSR count). The molecule has 1 heterocycles. The monoisotopic (exact) mass is 332 g/mol. The van der Waals surface area contributed by atoms with Crippen LogP contribution in [-0.4, -0.2) is 65.1 Å². The Kier molecular flexibility index (Phi) is 7.20. The number of hydrogen-bond donors (Lipinski definition) is 4. The van der Waals surface area contributed by atoms with Crippen LogP contribution in [0.15, 0.2) is 5.11 Å². The van der Waals surface area contributed by atoms with Crippen molar-refractivity contribution in [3.8, 4) is 0 Å². The summed E-state index contributed by atoms with van der Waals surface area (Å²) >= 11 is 0. The average Bonchev–Trinajstić information content (AvgIpc) is 2.49. The molecule has 23 heavy (non-hydrogen) atoms. The largest absolute Gasteiger partial charge is 0.435 e. The number of carbonyl (C=O) groups is 2. The molecule has 1 fully saturated rings. The van der Waals surface area contributed by atoms with Crippen LogP contribution in [0.25, 0.3) is 10.4 Å². The standard InChI is InChI=1S/C12H20N4O7/c1-5(4-17)9(20)10(21)8-11(15-7(19)3-14-16-13)23-12(8)22-6(2)18/h5,8-12,17,20-21H,3-4H2,1-2H3,(H,15,19). The Bertz CT molecular complexity index is 482. The summed E-state index contributed by atoms with van der Waals surface area (Å²) < 4.78 is 10.0. The number of ether oxygens (including phenoxy) is 2. The smallest absolute Gasteiger partial charge is 0.304 e. The van der Waals surface area contributed by atoms with E-state index in [2.05, 4.69) is 15.3 Å². The zero-order valence-corrected chi connectivity index (χ0v) is 12.7. The first kappa shape index (κ1) is 19.1. The van der Waals surface area contributed by atoms with Crippen molar-refractivity contribution in [3.05, 3.63) is 10.4 Å². The maximum absolute atomic E-state index is 11.5. The summed E-state index contributed by atoms with van der Waals surface area (Å²) in [5.74, 6) is -2.88. The highest BCUT2D eigenvalue weighted by molar-refractivity contribution is 5.78. The predicted octanol–water partition coefficient (Wildman–Crippen LogP) is -1.38. The molecule has 0 saturated carbocycles. The molecule has 0 radical (unpaired) electrons. The van der Waals surface area contributed by atoms with Gasteiger partial charge in [-0.25, -0.2) is 0 Å². The summed E-state index contributed by atoms with van der Waals surface area (Å²) in [7, 11) is 0. The van der Waals surface area contributed by atoms with E-state index < -0.39 is 55.0 Å². The van der Waals surface area contributed by atoms with E-state index in [1.54, 1.807) is 0 Å². The van der Waals surface area contributed by atoms with Crippen molar-refractivity contribution in [2.75, 3.05) is 13.2 Å². The Morgan fingerprint density at radius 2 is 2.13 bits per heavy atom. The summed E-state index contributed by atoms with van der Waals surface area (Å²) in [6, 6.07) is 0. The molecule has 0 aromatic heterocycles. The van der Waals surface area contributed by atoms with E-state index >= 15 is 0 Å². The second kappa shape index (κ2) is 8.65. The van der Waals surface area contributed by atoms with Crippen molar-refractivity contribution in [2.24, 2.45) is 17.0 Å². The second-order valence-corrected chi connectivity index (χ2v) is 5.21. The van der Waals surface area contributed by atoms with Gasteiger partial charge in [-0.05, 0) is 5.53 Å². The first-order valence-corrected chi connectivity index (χ1v) is 6.91. The zero-order chi connectivity index (χ0) is 17.6. The summed E-state index contributed by atoms with van der Waals surface area (Å²) in [5, 5.41) is 34.7. The summed E-state index contributed by atoms with van der Waals surface area (Å²) in [6.07, 6.45) is -4.91. The minimum Gasteiger partial charge on any atom is -0.435 e. The fraction of sp³-hybridized carbons (Fsp3) is 0.833. The summed E-state index contributed by atoms with van der Waals surface area (Å²) in [4.78, 5) is 25.0. The van der Waals surface area contributed by atoms with Gasteiger partial charge in [0.2, 0.25) is 12.2 Å². The van der Waals surface area contributed by atoms with Gasteiger partial charge in [0.25, 0.3) is 0 Å². The van der Waals surface area contributed by atoms with Crippen LogP contribution in [0.5, 0.6) is 0 Å². The van der Waals surface area contributed by atoms with Crippen molar-refractivity contribution in [3.63, 3.8) is 0 Å². The fourth-order valence-corrected chi connectivity index (χ4v) is 2.09. The van der Waals surface area contributed by atoms with Crippen LogP contribution >= 0.6 is 0 Å². The minimum atomic E-state index is -1.42. The third kappa shape index (κ3) is 5.05. The van der Waals surface area contributed by atoms with Crippen LogP contribution in [-0.2, 0) is 19.1 Å². The molecule has 11 heteroatoms. The first-order valence-electron chi connectivity index (χ1n) is 6.91. The zero-order valence-electron chi connectivity index (χ0n) is 12.7. The normalized spacial score (nSPS) is 26.9. The van der Waals surface area contributed by atoms with Gasteiger partial charge < -0.3 is 30.1 Å². The molecule has 1 aliphatic heterocycles. The summed E-state index contributed by atoms with van der Waals surface area (Å²) in [5.41, 5.74) is 8.16. The number of azide groups is 1. The van der Waals surface area contributed by atoms with Gasteiger partial charge in [0.1, 0.15) is 12.8 Å². The van der Waals surface area contributed by atoms with E-state index in [9.17, 15) is 19.8 Å². The van der Waals surface area contributed by atoms with E-state index in [1.165, 1.54) is 6.92 Å². The number of rotatable bonds is 8. The number of nitrogens with one attached hydrogen (secondary N) is 1. The van der Waals surface area contributed by atoms with E-state index in [1.807, 2.05) is 0 Å². The van der Waals surface area contributed by atoms with Gasteiger partial charge in [0, 0.05) is 24.4 Å². The van der Waals surface area contributed by atoms with Gasteiger partial charge in [0.15, 0.2) is 0 Å². The number of nitrogens with zero attached hydrogens (tertiary/aromatic N) is 3. The van der Waals surface area contributed by atoms with Gasteiger partial charge in [-0.1, -0.05) is 12.0 Å². The van der Waals surface area contributed by atoms with E-state index in [0.29, 0.717) is 0 Å². The van der Waals surface area contributed by atoms with Gasteiger partial charge in [-0.2, -0.15) is 0 Å². The molecule has 11 nitrogen and oxygen atoms in total. The highest BCUT2D eigenvalue weighted by atomic mass is 16.7. The molecule has 0 bridgehead atoms. The molecule has 0 spiro atoms. The maximum atomic E-state index is 11.5. The Morgan fingerprint density at radius 1 is 1.48 bits per heavy atom. The van der Waals surface area contributed by atoms with Gasteiger partial charge in [-0.3, -0.25) is 9.59 Å². The molecule has 6 atom stereocenters. The molecule has 0 aromatic carbocycles. The number of carbonyl (C=O) groups excluding carboxylic acids is 2. The molecule has 1 amide bonds. The van der Waals surface area contributed by atoms with Gasteiger partial charge in [0.05, 0.1) is 18.1 Å². The minimum absolute atomic E-state index is 0.363. The van der Waals surface area contributed by atoms with E-state index in [-0.39, 0.29) is 6.61 Å². The van der Waals surface area contributed by atoms with E-state index in [0.717, 1.165) is 6.92 Å². The molecule has 130 valence electrons.